The number of amides is 2. The first kappa shape index (κ1) is 17.4. The molecule has 126 valence electrons. The Morgan fingerprint density at radius 2 is 1.87 bits per heavy atom. The standard InChI is InChI=1S/C17H23FN2O3/c1-17(2,3)14-11(8-9-23-14)10-19-15(21)16(22)20-13-6-4-12(18)5-7-13/h4-7,11,14H,8-10H2,1-3H3,(H,19,21)(H,20,22)/t11-,14-/m1/s1. The van der Waals surface area contributed by atoms with Crippen molar-refractivity contribution in [2.75, 3.05) is 18.5 Å². The maximum Gasteiger partial charge on any atom is 0.313 e. The predicted molar refractivity (Wildman–Crippen MR) is 85.3 cm³/mol. The summed E-state index contributed by atoms with van der Waals surface area (Å²) in [6.45, 7) is 7.36. The topological polar surface area (TPSA) is 67.4 Å². The zero-order chi connectivity index (χ0) is 17.0. The summed E-state index contributed by atoms with van der Waals surface area (Å²) in [6, 6.07) is 5.25. The zero-order valence-corrected chi connectivity index (χ0v) is 13.7. The molecule has 1 aliphatic rings. The van der Waals surface area contributed by atoms with E-state index >= 15 is 0 Å². The summed E-state index contributed by atoms with van der Waals surface area (Å²) in [5, 5.41) is 5.09. The van der Waals surface area contributed by atoms with Crippen LogP contribution in [0.2, 0.25) is 0 Å². The summed E-state index contributed by atoms with van der Waals surface area (Å²) in [5.74, 6) is -1.67. The first-order valence-corrected chi connectivity index (χ1v) is 7.74. The van der Waals surface area contributed by atoms with Crippen molar-refractivity contribution in [3.63, 3.8) is 0 Å². The second-order valence-electron chi connectivity index (χ2n) is 6.88. The van der Waals surface area contributed by atoms with Crippen molar-refractivity contribution in [2.45, 2.75) is 33.3 Å². The highest BCUT2D eigenvalue weighted by Crippen LogP contribution is 2.34. The monoisotopic (exact) mass is 322 g/mol. The summed E-state index contributed by atoms with van der Waals surface area (Å²) in [4.78, 5) is 23.7. The quantitative estimate of drug-likeness (QED) is 0.839. The second kappa shape index (κ2) is 7.08. The number of anilines is 1. The van der Waals surface area contributed by atoms with Crippen LogP contribution >= 0.6 is 0 Å². The molecule has 1 aliphatic heterocycles. The molecule has 2 rings (SSSR count). The molecule has 1 fully saturated rings. The van der Waals surface area contributed by atoms with E-state index in [0.29, 0.717) is 18.8 Å². The van der Waals surface area contributed by atoms with E-state index in [1.807, 2.05) is 0 Å². The van der Waals surface area contributed by atoms with Crippen molar-refractivity contribution in [1.29, 1.82) is 0 Å². The number of ether oxygens (including phenoxy) is 1. The fraction of sp³-hybridized carbons (Fsp3) is 0.529. The van der Waals surface area contributed by atoms with Gasteiger partial charge in [-0.3, -0.25) is 9.59 Å². The van der Waals surface area contributed by atoms with Gasteiger partial charge in [-0.05, 0) is 36.1 Å². The molecule has 1 aromatic carbocycles. The highest BCUT2D eigenvalue weighted by atomic mass is 19.1. The van der Waals surface area contributed by atoms with E-state index in [0.717, 1.165) is 6.42 Å². The lowest BCUT2D eigenvalue weighted by molar-refractivity contribution is -0.136. The van der Waals surface area contributed by atoms with Crippen LogP contribution in [0.15, 0.2) is 24.3 Å². The number of nitrogens with one attached hydrogen (secondary N) is 2. The Morgan fingerprint density at radius 1 is 1.22 bits per heavy atom. The van der Waals surface area contributed by atoms with Crippen LogP contribution in [0.1, 0.15) is 27.2 Å². The first-order chi connectivity index (χ1) is 10.8. The number of hydrogen-bond acceptors (Lipinski definition) is 3. The molecule has 1 saturated heterocycles. The van der Waals surface area contributed by atoms with Crippen LogP contribution in [0.25, 0.3) is 0 Å². The molecule has 1 aromatic rings. The Kier molecular flexibility index (Phi) is 5.36. The Hall–Kier alpha value is -1.95. The van der Waals surface area contributed by atoms with E-state index in [-0.39, 0.29) is 17.4 Å². The molecule has 0 bridgehead atoms. The fourth-order valence-corrected chi connectivity index (χ4v) is 2.83. The molecule has 0 spiro atoms. The van der Waals surface area contributed by atoms with Gasteiger partial charge in [0.05, 0.1) is 6.10 Å². The second-order valence-corrected chi connectivity index (χ2v) is 6.88. The summed E-state index contributed by atoms with van der Waals surface area (Å²) in [7, 11) is 0. The van der Waals surface area contributed by atoms with Crippen molar-refractivity contribution >= 4 is 17.5 Å². The van der Waals surface area contributed by atoms with Gasteiger partial charge < -0.3 is 15.4 Å². The number of carbonyl (C=O) groups excluding carboxylic acids is 2. The third-order valence-corrected chi connectivity index (χ3v) is 3.90. The minimum absolute atomic E-state index is 0.0116. The lowest BCUT2D eigenvalue weighted by atomic mass is 9.81. The molecule has 0 aliphatic carbocycles. The minimum atomic E-state index is -0.761. The largest absolute Gasteiger partial charge is 0.377 e. The van der Waals surface area contributed by atoms with Gasteiger partial charge in [0.15, 0.2) is 0 Å². The molecule has 2 atom stereocenters. The third-order valence-electron chi connectivity index (χ3n) is 3.90. The van der Waals surface area contributed by atoms with Gasteiger partial charge in [-0.25, -0.2) is 4.39 Å². The molecule has 0 radical (unpaired) electrons. The molecule has 23 heavy (non-hydrogen) atoms. The third kappa shape index (κ3) is 4.76. The molecule has 6 heteroatoms. The van der Waals surface area contributed by atoms with E-state index < -0.39 is 17.6 Å². The number of rotatable bonds is 3. The van der Waals surface area contributed by atoms with Crippen molar-refractivity contribution in [2.24, 2.45) is 11.3 Å². The average Bonchev–Trinajstić information content (AvgIpc) is 2.95. The first-order valence-electron chi connectivity index (χ1n) is 7.74. The molecule has 0 saturated carbocycles. The maximum atomic E-state index is 12.8. The van der Waals surface area contributed by atoms with Crippen molar-refractivity contribution in [3.05, 3.63) is 30.1 Å². The summed E-state index contributed by atoms with van der Waals surface area (Å²) in [5.41, 5.74) is 0.366. The molecule has 5 nitrogen and oxygen atoms in total. The molecular weight excluding hydrogens is 299 g/mol. The van der Waals surface area contributed by atoms with E-state index in [4.69, 9.17) is 4.74 Å². The van der Waals surface area contributed by atoms with Crippen LogP contribution in [0, 0.1) is 17.2 Å². The summed E-state index contributed by atoms with van der Waals surface area (Å²) < 4.78 is 18.5. The SMILES string of the molecule is CC(C)(C)[C@@H]1OCC[C@@H]1CNC(=O)C(=O)Nc1ccc(F)cc1. The van der Waals surface area contributed by atoms with E-state index in [9.17, 15) is 14.0 Å². The van der Waals surface area contributed by atoms with Crippen LogP contribution in [0.5, 0.6) is 0 Å². The van der Waals surface area contributed by atoms with Crippen LogP contribution in [-0.4, -0.2) is 31.1 Å². The molecule has 2 amide bonds. The van der Waals surface area contributed by atoms with Crippen LogP contribution in [-0.2, 0) is 14.3 Å². The van der Waals surface area contributed by atoms with Gasteiger partial charge in [-0.2, -0.15) is 0 Å². The molecule has 0 unspecified atom stereocenters. The Balaban J connectivity index is 1.84. The Morgan fingerprint density at radius 3 is 2.48 bits per heavy atom. The molecular formula is C17H23FN2O3. The normalized spacial score (nSPS) is 21.0. The van der Waals surface area contributed by atoms with Crippen LogP contribution in [0.4, 0.5) is 10.1 Å². The predicted octanol–water partition coefficient (Wildman–Crippen LogP) is 2.33. The van der Waals surface area contributed by atoms with Crippen LogP contribution in [0.3, 0.4) is 0 Å². The van der Waals surface area contributed by atoms with Crippen molar-refractivity contribution in [3.8, 4) is 0 Å². The minimum Gasteiger partial charge on any atom is -0.377 e. The van der Waals surface area contributed by atoms with Gasteiger partial charge in [0.25, 0.3) is 0 Å². The van der Waals surface area contributed by atoms with Gasteiger partial charge in [-0.1, -0.05) is 20.8 Å². The van der Waals surface area contributed by atoms with E-state index in [1.54, 1.807) is 0 Å². The molecule has 2 N–H and O–H groups in total. The van der Waals surface area contributed by atoms with Gasteiger partial charge in [0.2, 0.25) is 0 Å². The van der Waals surface area contributed by atoms with Gasteiger partial charge in [0.1, 0.15) is 5.82 Å². The van der Waals surface area contributed by atoms with Gasteiger partial charge >= 0.3 is 11.8 Å². The zero-order valence-electron chi connectivity index (χ0n) is 13.7. The van der Waals surface area contributed by atoms with Crippen molar-refractivity contribution < 1.29 is 18.7 Å². The van der Waals surface area contributed by atoms with E-state index in [2.05, 4.69) is 31.4 Å². The number of benzene rings is 1. The van der Waals surface area contributed by atoms with Gasteiger partial charge in [0, 0.05) is 24.8 Å². The van der Waals surface area contributed by atoms with Crippen molar-refractivity contribution in [1.82, 2.24) is 5.32 Å². The van der Waals surface area contributed by atoms with E-state index in [1.165, 1.54) is 24.3 Å². The lowest BCUT2D eigenvalue weighted by Gasteiger charge is -2.31. The number of halogens is 1. The molecule has 0 aromatic heterocycles. The average molecular weight is 322 g/mol. The maximum absolute atomic E-state index is 12.8. The molecule has 1 heterocycles. The number of carbonyl (C=O) groups is 2. The van der Waals surface area contributed by atoms with Crippen LogP contribution < -0.4 is 10.6 Å². The smallest absolute Gasteiger partial charge is 0.313 e. The fourth-order valence-electron chi connectivity index (χ4n) is 2.83. The number of hydrogen-bond donors (Lipinski definition) is 2. The summed E-state index contributed by atoms with van der Waals surface area (Å²) in [6.07, 6.45) is 0.921. The summed E-state index contributed by atoms with van der Waals surface area (Å²) >= 11 is 0. The highest BCUT2D eigenvalue weighted by molar-refractivity contribution is 6.39. The Bertz CT molecular complexity index is 566. The Labute approximate surface area is 135 Å². The highest BCUT2D eigenvalue weighted by Gasteiger charge is 2.37. The van der Waals surface area contributed by atoms with Gasteiger partial charge in [-0.15, -0.1) is 0 Å². The lowest BCUT2D eigenvalue weighted by Crippen LogP contribution is -2.42.